The Kier molecular flexibility index (Phi) is 6.75. The lowest BCUT2D eigenvalue weighted by Crippen LogP contribution is -2.09. The van der Waals surface area contributed by atoms with Gasteiger partial charge in [0.1, 0.15) is 36.7 Å². The minimum Gasteiger partial charge on any atom is -0.493 e. The lowest BCUT2D eigenvalue weighted by atomic mass is 10.1. The van der Waals surface area contributed by atoms with Crippen LogP contribution in [0.15, 0.2) is 48.0 Å². The Bertz CT molecular complexity index is 908. The van der Waals surface area contributed by atoms with Gasteiger partial charge in [-0.3, -0.25) is 10.1 Å². The van der Waals surface area contributed by atoms with Crippen molar-refractivity contribution in [3.05, 3.63) is 63.7 Å². The van der Waals surface area contributed by atoms with Crippen molar-refractivity contribution in [2.45, 2.75) is 0 Å². The first kappa shape index (κ1) is 19.3. The fourth-order valence-corrected chi connectivity index (χ4v) is 2.12. The van der Waals surface area contributed by atoms with Crippen molar-refractivity contribution in [3.8, 4) is 29.4 Å². The second-order valence-electron chi connectivity index (χ2n) is 5.14. The van der Waals surface area contributed by atoms with Crippen LogP contribution in [0.4, 0.5) is 5.69 Å². The highest BCUT2D eigenvalue weighted by Crippen LogP contribution is 2.29. The van der Waals surface area contributed by atoms with E-state index in [1.807, 2.05) is 0 Å². The van der Waals surface area contributed by atoms with Gasteiger partial charge in [-0.25, -0.2) is 0 Å². The van der Waals surface area contributed by atoms with Crippen molar-refractivity contribution in [1.82, 2.24) is 0 Å². The van der Waals surface area contributed by atoms with Crippen LogP contribution in [-0.2, 0) is 0 Å². The summed E-state index contributed by atoms with van der Waals surface area (Å²) in [7, 11) is 1.48. The number of nitro benzene ring substituents is 1. The number of benzene rings is 2. The summed E-state index contributed by atoms with van der Waals surface area (Å²) in [5, 5.41) is 28.2. The van der Waals surface area contributed by atoms with Crippen LogP contribution in [0.1, 0.15) is 5.56 Å². The summed E-state index contributed by atoms with van der Waals surface area (Å²) in [6.45, 7) is 0.458. The standard InChI is InChI=1S/C19H15N3O5/c1-25-19-11-14(10-15(12-20)13-21)2-7-18(19)27-9-8-26-17-5-3-16(4-6-17)22(23)24/h2-7,10-11H,8-9H2,1H3. The predicted octanol–water partition coefficient (Wildman–Crippen LogP) is 3.49. The minimum absolute atomic E-state index is 0.00608. The van der Waals surface area contributed by atoms with E-state index < -0.39 is 4.92 Å². The molecule has 0 fully saturated rings. The highest BCUT2D eigenvalue weighted by atomic mass is 16.6. The summed E-state index contributed by atoms with van der Waals surface area (Å²) in [6.07, 6.45) is 1.45. The first-order chi connectivity index (χ1) is 13.1. The van der Waals surface area contributed by atoms with Gasteiger partial charge in [0.05, 0.1) is 12.0 Å². The number of allylic oxidation sites excluding steroid dienone is 1. The fourth-order valence-electron chi connectivity index (χ4n) is 2.12. The fraction of sp³-hybridized carbons (Fsp3) is 0.158. The molecule has 0 atom stereocenters. The third kappa shape index (κ3) is 5.48. The summed E-state index contributed by atoms with van der Waals surface area (Å²) in [5.41, 5.74) is 0.620. The number of hydrogen-bond acceptors (Lipinski definition) is 7. The van der Waals surface area contributed by atoms with E-state index in [-0.39, 0.29) is 24.5 Å². The molecule has 0 aliphatic rings. The van der Waals surface area contributed by atoms with Crippen LogP contribution in [0.5, 0.6) is 17.2 Å². The Morgan fingerprint density at radius 2 is 1.74 bits per heavy atom. The molecule has 136 valence electrons. The summed E-state index contributed by atoms with van der Waals surface area (Å²) in [6, 6.07) is 14.4. The third-order valence-electron chi connectivity index (χ3n) is 3.40. The molecule has 8 heteroatoms. The van der Waals surface area contributed by atoms with Crippen LogP contribution in [0.2, 0.25) is 0 Å². The Morgan fingerprint density at radius 3 is 2.33 bits per heavy atom. The van der Waals surface area contributed by atoms with Crippen LogP contribution in [0.3, 0.4) is 0 Å². The maximum absolute atomic E-state index is 10.6. The summed E-state index contributed by atoms with van der Waals surface area (Å²) in [5.74, 6) is 1.43. The molecule has 0 aliphatic heterocycles. The van der Waals surface area contributed by atoms with Crippen molar-refractivity contribution < 1.29 is 19.1 Å². The molecule has 0 saturated carbocycles. The zero-order valence-electron chi connectivity index (χ0n) is 14.4. The van der Waals surface area contributed by atoms with Crippen molar-refractivity contribution in [2.24, 2.45) is 0 Å². The molecule has 2 rings (SSSR count). The van der Waals surface area contributed by atoms with E-state index in [9.17, 15) is 10.1 Å². The average Bonchev–Trinajstić information content (AvgIpc) is 2.70. The normalized spacial score (nSPS) is 9.44. The van der Waals surface area contributed by atoms with Gasteiger partial charge in [-0.1, -0.05) is 6.07 Å². The molecule has 0 amide bonds. The molecular weight excluding hydrogens is 350 g/mol. The maximum atomic E-state index is 10.6. The molecule has 0 heterocycles. The minimum atomic E-state index is -0.478. The largest absolute Gasteiger partial charge is 0.493 e. The molecule has 0 aromatic heterocycles. The lowest BCUT2D eigenvalue weighted by Gasteiger charge is -2.12. The molecule has 0 saturated heterocycles. The molecule has 8 nitrogen and oxygen atoms in total. The summed E-state index contributed by atoms with van der Waals surface area (Å²) < 4.78 is 16.3. The Morgan fingerprint density at radius 1 is 1.07 bits per heavy atom. The Labute approximate surface area is 155 Å². The number of non-ortho nitro benzene ring substituents is 1. The topological polar surface area (TPSA) is 118 Å². The molecule has 2 aromatic carbocycles. The van der Waals surface area contributed by atoms with Crippen LogP contribution in [-0.4, -0.2) is 25.2 Å². The molecule has 0 unspecified atom stereocenters. The van der Waals surface area contributed by atoms with E-state index >= 15 is 0 Å². The summed E-state index contributed by atoms with van der Waals surface area (Å²) in [4.78, 5) is 10.1. The van der Waals surface area contributed by atoms with Crippen molar-refractivity contribution in [1.29, 1.82) is 10.5 Å². The first-order valence-corrected chi connectivity index (χ1v) is 7.77. The molecule has 2 aromatic rings. The van der Waals surface area contributed by atoms with Crippen LogP contribution >= 0.6 is 0 Å². The Balaban J connectivity index is 1.93. The van der Waals surface area contributed by atoms with Gasteiger partial charge in [0.15, 0.2) is 11.5 Å². The van der Waals surface area contributed by atoms with Gasteiger partial charge in [-0.15, -0.1) is 0 Å². The van der Waals surface area contributed by atoms with E-state index in [1.54, 1.807) is 30.3 Å². The maximum Gasteiger partial charge on any atom is 0.269 e. The number of rotatable bonds is 8. The van der Waals surface area contributed by atoms with Crippen molar-refractivity contribution in [3.63, 3.8) is 0 Å². The number of nitriles is 2. The quantitative estimate of drug-likeness (QED) is 0.304. The molecule has 0 bridgehead atoms. The van der Waals surface area contributed by atoms with E-state index in [0.717, 1.165) is 0 Å². The second-order valence-corrected chi connectivity index (χ2v) is 5.14. The van der Waals surface area contributed by atoms with Gasteiger partial charge in [-0.05, 0) is 35.9 Å². The molecule has 0 spiro atoms. The lowest BCUT2D eigenvalue weighted by molar-refractivity contribution is -0.384. The van der Waals surface area contributed by atoms with E-state index in [1.165, 1.54) is 37.5 Å². The number of hydrogen-bond donors (Lipinski definition) is 0. The van der Waals surface area contributed by atoms with Crippen molar-refractivity contribution >= 4 is 11.8 Å². The van der Waals surface area contributed by atoms with Gasteiger partial charge < -0.3 is 14.2 Å². The molecule has 0 N–H and O–H groups in total. The van der Waals surface area contributed by atoms with E-state index in [2.05, 4.69) is 0 Å². The molecule has 27 heavy (non-hydrogen) atoms. The van der Waals surface area contributed by atoms with Crippen LogP contribution in [0, 0.1) is 32.8 Å². The third-order valence-corrected chi connectivity index (χ3v) is 3.40. The number of ether oxygens (including phenoxy) is 3. The van der Waals surface area contributed by atoms with Crippen LogP contribution in [0.25, 0.3) is 6.08 Å². The SMILES string of the molecule is COc1cc(C=C(C#N)C#N)ccc1OCCOc1ccc([N+](=O)[O-])cc1. The monoisotopic (exact) mass is 365 g/mol. The first-order valence-electron chi connectivity index (χ1n) is 7.77. The van der Waals surface area contributed by atoms with Gasteiger partial charge >= 0.3 is 0 Å². The van der Waals surface area contributed by atoms with Gasteiger partial charge in [0.2, 0.25) is 0 Å². The van der Waals surface area contributed by atoms with E-state index in [0.29, 0.717) is 22.8 Å². The Hall–Kier alpha value is -4.04. The van der Waals surface area contributed by atoms with Crippen LogP contribution < -0.4 is 14.2 Å². The van der Waals surface area contributed by atoms with Crippen molar-refractivity contribution in [2.75, 3.05) is 20.3 Å². The highest BCUT2D eigenvalue weighted by Gasteiger charge is 2.07. The molecule has 0 radical (unpaired) electrons. The van der Waals surface area contributed by atoms with Gasteiger partial charge in [0.25, 0.3) is 5.69 Å². The number of methoxy groups -OCH3 is 1. The number of nitrogens with zero attached hydrogens (tertiary/aromatic N) is 3. The average molecular weight is 365 g/mol. The zero-order chi connectivity index (χ0) is 19.6. The second kappa shape index (κ2) is 9.44. The van der Waals surface area contributed by atoms with Gasteiger partial charge in [0, 0.05) is 12.1 Å². The smallest absolute Gasteiger partial charge is 0.269 e. The molecular formula is C19H15N3O5. The highest BCUT2D eigenvalue weighted by molar-refractivity contribution is 5.64. The molecule has 0 aliphatic carbocycles. The van der Waals surface area contributed by atoms with E-state index in [4.69, 9.17) is 24.7 Å². The predicted molar refractivity (Wildman–Crippen MR) is 96.3 cm³/mol. The number of nitro groups is 1. The summed E-state index contributed by atoms with van der Waals surface area (Å²) >= 11 is 0. The zero-order valence-corrected chi connectivity index (χ0v) is 14.4. The van der Waals surface area contributed by atoms with Gasteiger partial charge in [-0.2, -0.15) is 10.5 Å².